The van der Waals surface area contributed by atoms with Crippen LogP contribution in [-0.4, -0.2) is 27.7 Å². The van der Waals surface area contributed by atoms with Gasteiger partial charge in [0, 0.05) is 34.2 Å². The maximum absolute atomic E-state index is 14.3. The highest BCUT2D eigenvalue weighted by Gasteiger charge is 2.17. The summed E-state index contributed by atoms with van der Waals surface area (Å²) in [6.07, 6.45) is 1.24. The van der Waals surface area contributed by atoms with Crippen LogP contribution in [0, 0.1) is 5.82 Å². The summed E-state index contributed by atoms with van der Waals surface area (Å²) in [7, 11) is 0. The van der Waals surface area contributed by atoms with E-state index in [4.69, 9.17) is 4.42 Å². The Morgan fingerprint density at radius 2 is 1.58 bits per heavy atom. The molecule has 1 heterocycles. The van der Waals surface area contributed by atoms with E-state index in [2.05, 4.69) is 10.3 Å². The molecule has 0 aliphatic heterocycles. The van der Waals surface area contributed by atoms with Crippen molar-refractivity contribution < 1.29 is 28.6 Å². The number of hydrogen-bond donors (Lipinski definition) is 3. The molecule has 6 rings (SSSR count). The number of halogens is 1. The zero-order valence-electron chi connectivity index (χ0n) is 24.4. The number of aromatic hydroxyl groups is 2. The molecule has 224 valence electrons. The second-order valence-corrected chi connectivity index (χ2v) is 10.9. The molecule has 0 aliphatic carbocycles. The first-order chi connectivity index (χ1) is 21.7. The van der Waals surface area contributed by atoms with Gasteiger partial charge >= 0.3 is 0 Å². The van der Waals surface area contributed by atoms with Crippen molar-refractivity contribution in [3.63, 3.8) is 0 Å². The van der Waals surface area contributed by atoms with E-state index >= 15 is 0 Å². The van der Waals surface area contributed by atoms with Crippen LogP contribution in [0.2, 0.25) is 0 Å². The molecule has 0 bridgehead atoms. The standard InChI is InChI=1S/C37H29FN2O5/c1-22(18-24-13-15-30(38)29-8-4-3-7-28(24)29)39-36(43)27-14-16-31(25(20-27)12-10-23-11-17-32(41)33(42)19-23)40-37(44)35-21-26-6-2-5-9-34(26)45-35/h2-9,11,13-17,19-21,41-42H,10,12,18H2,1H3,(H,40,44). The Morgan fingerprint density at radius 1 is 0.800 bits per heavy atom. The molecule has 8 heteroatoms. The van der Waals surface area contributed by atoms with Crippen LogP contribution in [0.25, 0.3) is 21.7 Å². The van der Waals surface area contributed by atoms with Crippen LogP contribution in [0.3, 0.4) is 0 Å². The third-order valence-corrected chi connectivity index (χ3v) is 7.67. The number of anilines is 1. The summed E-state index contributed by atoms with van der Waals surface area (Å²) in [5.74, 6) is -1.48. The van der Waals surface area contributed by atoms with Crippen molar-refractivity contribution in [2.24, 2.45) is 4.99 Å². The molecule has 3 N–H and O–H groups in total. The van der Waals surface area contributed by atoms with Gasteiger partial charge in [-0.05, 0) is 90.4 Å². The van der Waals surface area contributed by atoms with Gasteiger partial charge in [-0.15, -0.1) is 0 Å². The second-order valence-electron chi connectivity index (χ2n) is 10.9. The van der Waals surface area contributed by atoms with Gasteiger partial charge in [-0.3, -0.25) is 9.59 Å². The molecule has 0 saturated heterocycles. The van der Waals surface area contributed by atoms with Crippen LogP contribution in [0.5, 0.6) is 11.5 Å². The first-order valence-corrected chi connectivity index (χ1v) is 14.4. The van der Waals surface area contributed by atoms with E-state index in [1.54, 1.807) is 61.5 Å². The zero-order chi connectivity index (χ0) is 31.5. The van der Waals surface area contributed by atoms with Crippen molar-refractivity contribution >= 4 is 45.0 Å². The average Bonchev–Trinajstić information content (AvgIpc) is 3.48. The van der Waals surface area contributed by atoms with Crippen molar-refractivity contribution in [2.75, 3.05) is 5.32 Å². The topological polar surface area (TPSA) is 112 Å². The van der Waals surface area contributed by atoms with E-state index in [1.807, 2.05) is 30.3 Å². The summed E-state index contributed by atoms with van der Waals surface area (Å²) < 4.78 is 20.0. The normalized spacial score (nSPS) is 11.6. The first-order valence-electron chi connectivity index (χ1n) is 14.4. The fourth-order valence-electron chi connectivity index (χ4n) is 5.37. The Labute approximate surface area is 258 Å². The van der Waals surface area contributed by atoms with Gasteiger partial charge in [0.15, 0.2) is 17.3 Å². The number of carbonyl (C=O) groups is 2. The number of amides is 2. The number of fused-ring (bicyclic) bond motifs is 2. The molecular formula is C37H29FN2O5. The number of phenolic OH excluding ortho intramolecular Hbond substituents is 2. The molecule has 0 saturated carbocycles. The quantitative estimate of drug-likeness (QED) is 0.121. The van der Waals surface area contributed by atoms with Crippen LogP contribution < -0.4 is 5.32 Å². The van der Waals surface area contributed by atoms with Crippen molar-refractivity contribution in [1.29, 1.82) is 0 Å². The summed E-state index contributed by atoms with van der Waals surface area (Å²) in [6.45, 7) is 1.76. The van der Waals surface area contributed by atoms with Crippen molar-refractivity contribution in [2.45, 2.75) is 26.2 Å². The SMILES string of the molecule is CC(Cc1ccc(F)c2ccccc12)=NC(=O)c1ccc(NC(=O)c2cc3ccccc3o2)c(CCc2ccc(O)c(O)c2)c1. The average molecular weight is 601 g/mol. The Bertz CT molecular complexity index is 2080. The highest BCUT2D eigenvalue weighted by Crippen LogP contribution is 2.28. The monoisotopic (exact) mass is 600 g/mol. The number of benzene rings is 5. The minimum absolute atomic E-state index is 0.152. The number of furan rings is 1. The predicted octanol–water partition coefficient (Wildman–Crippen LogP) is 8.02. The van der Waals surface area contributed by atoms with Crippen LogP contribution in [0.15, 0.2) is 113 Å². The largest absolute Gasteiger partial charge is 0.504 e. The number of rotatable bonds is 8. The number of carbonyl (C=O) groups excluding carboxylic acids is 2. The number of aryl methyl sites for hydroxylation is 2. The van der Waals surface area contributed by atoms with E-state index in [0.29, 0.717) is 52.8 Å². The van der Waals surface area contributed by atoms with E-state index in [0.717, 1.165) is 21.9 Å². The molecule has 0 fully saturated rings. The Kier molecular flexibility index (Phi) is 8.12. The number of hydrogen-bond acceptors (Lipinski definition) is 5. The maximum atomic E-state index is 14.3. The number of nitrogens with zero attached hydrogens (tertiary/aromatic N) is 1. The van der Waals surface area contributed by atoms with E-state index < -0.39 is 11.8 Å². The molecule has 5 aromatic carbocycles. The molecule has 0 aliphatic rings. The van der Waals surface area contributed by atoms with E-state index in [1.165, 1.54) is 18.2 Å². The minimum Gasteiger partial charge on any atom is -0.504 e. The molecule has 2 amide bonds. The zero-order valence-corrected chi connectivity index (χ0v) is 24.4. The van der Waals surface area contributed by atoms with E-state index in [9.17, 15) is 24.2 Å². The summed E-state index contributed by atoms with van der Waals surface area (Å²) >= 11 is 0. The number of para-hydroxylation sites is 1. The first kappa shape index (κ1) is 29.3. The molecule has 0 radical (unpaired) electrons. The van der Waals surface area contributed by atoms with Gasteiger partial charge in [-0.2, -0.15) is 0 Å². The Morgan fingerprint density at radius 3 is 2.38 bits per heavy atom. The minimum atomic E-state index is -0.447. The van der Waals surface area contributed by atoms with Crippen molar-refractivity contribution in [1.82, 2.24) is 0 Å². The fraction of sp³-hybridized carbons (Fsp3) is 0.108. The number of aliphatic imine (C=N–C) groups is 1. The molecule has 6 aromatic rings. The molecule has 0 atom stereocenters. The Balaban J connectivity index is 1.26. The van der Waals surface area contributed by atoms with Crippen LogP contribution in [-0.2, 0) is 19.3 Å². The molecule has 0 unspecified atom stereocenters. The summed E-state index contributed by atoms with van der Waals surface area (Å²) in [4.78, 5) is 30.8. The van der Waals surface area contributed by atoms with Crippen molar-refractivity contribution in [3.05, 3.63) is 137 Å². The third-order valence-electron chi connectivity index (χ3n) is 7.67. The highest BCUT2D eigenvalue weighted by molar-refractivity contribution is 6.07. The maximum Gasteiger partial charge on any atom is 0.291 e. The predicted molar refractivity (Wildman–Crippen MR) is 173 cm³/mol. The summed E-state index contributed by atoms with van der Waals surface area (Å²) in [5, 5.41) is 24.6. The fourth-order valence-corrected chi connectivity index (χ4v) is 5.37. The van der Waals surface area contributed by atoms with Gasteiger partial charge in [0.05, 0.1) is 0 Å². The lowest BCUT2D eigenvalue weighted by molar-refractivity contribution is 0.0993. The van der Waals surface area contributed by atoms with Gasteiger partial charge in [-0.1, -0.05) is 54.6 Å². The number of phenols is 2. The van der Waals surface area contributed by atoms with Crippen LogP contribution >= 0.6 is 0 Å². The van der Waals surface area contributed by atoms with Gasteiger partial charge < -0.3 is 19.9 Å². The summed E-state index contributed by atoms with van der Waals surface area (Å²) in [5.41, 5.74) is 4.30. The van der Waals surface area contributed by atoms with Gasteiger partial charge in [0.25, 0.3) is 11.8 Å². The van der Waals surface area contributed by atoms with Gasteiger partial charge in [0.1, 0.15) is 11.4 Å². The summed E-state index contributed by atoms with van der Waals surface area (Å²) in [6, 6.07) is 28.9. The van der Waals surface area contributed by atoms with Gasteiger partial charge in [-0.25, -0.2) is 9.38 Å². The van der Waals surface area contributed by atoms with Crippen molar-refractivity contribution in [3.8, 4) is 11.5 Å². The molecule has 1 aromatic heterocycles. The molecule has 7 nitrogen and oxygen atoms in total. The van der Waals surface area contributed by atoms with Crippen LogP contribution in [0.1, 0.15) is 44.5 Å². The molecule has 45 heavy (non-hydrogen) atoms. The number of nitrogens with one attached hydrogen (secondary N) is 1. The second kappa shape index (κ2) is 12.5. The highest BCUT2D eigenvalue weighted by atomic mass is 19.1. The lowest BCUT2D eigenvalue weighted by Gasteiger charge is -2.13. The van der Waals surface area contributed by atoms with E-state index in [-0.39, 0.29) is 23.1 Å². The third kappa shape index (κ3) is 6.45. The van der Waals surface area contributed by atoms with Crippen LogP contribution in [0.4, 0.5) is 10.1 Å². The van der Waals surface area contributed by atoms with Gasteiger partial charge in [0.2, 0.25) is 0 Å². The lowest BCUT2D eigenvalue weighted by Crippen LogP contribution is -2.13. The smallest absolute Gasteiger partial charge is 0.291 e. The molecule has 0 spiro atoms. The lowest BCUT2D eigenvalue weighted by atomic mass is 9.99. The Hall–Kier alpha value is -5.76. The molecular weight excluding hydrogens is 571 g/mol.